The summed E-state index contributed by atoms with van der Waals surface area (Å²) >= 11 is 0. The lowest BCUT2D eigenvalue weighted by Crippen LogP contribution is -2.36. The molecule has 6 heteroatoms. The van der Waals surface area contributed by atoms with Crippen LogP contribution >= 0.6 is 0 Å². The van der Waals surface area contributed by atoms with Crippen molar-refractivity contribution in [2.24, 2.45) is 7.05 Å². The molecule has 23 heavy (non-hydrogen) atoms. The molecular formula is C17H24N4O2. The van der Waals surface area contributed by atoms with E-state index in [-0.39, 0.29) is 5.91 Å². The van der Waals surface area contributed by atoms with Crippen molar-refractivity contribution in [1.29, 1.82) is 0 Å². The van der Waals surface area contributed by atoms with Crippen molar-refractivity contribution >= 4 is 5.91 Å². The van der Waals surface area contributed by atoms with Gasteiger partial charge in [-0.15, -0.1) is 0 Å². The van der Waals surface area contributed by atoms with Gasteiger partial charge in [-0.2, -0.15) is 0 Å². The molecule has 0 saturated carbocycles. The van der Waals surface area contributed by atoms with Gasteiger partial charge in [-0.1, -0.05) is 5.16 Å². The van der Waals surface area contributed by atoms with Crippen molar-refractivity contribution in [3.8, 4) is 0 Å². The Balaban J connectivity index is 1.63. The second kappa shape index (κ2) is 6.58. The minimum atomic E-state index is 0.122. The van der Waals surface area contributed by atoms with Crippen LogP contribution in [0.3, 0.4) is 0 Å². The molecule has 1 aliphatic rings. The van der Waals surface area contributed by atoms with Gasteiger partial charge in [-0.05, 0) is 32.4 Å². The minimum absolute atomic E-state index is 0.122. The van der Waals surface area contributed by atoms with E-state index in [1.807, 2.05) is 48.7 Å². The summed E-state index contributed by atoms with van der Waals surface area (Å²) in [7, 11) is 1.91. The summed E-state index contributed by atoms with van der Waals surface area (Å²) < 4.78 is 7.13. The van der Waals surface area contributed by atoms with Crippen LogP contribution < -0.4 is 0 Å². The zero-order valence-corrected chi connectivity index (χ0v) is 14.1. The molecule has 0 N–H and O–H groups in total. The van der Waals surface area contributed by atoms with Crippen molar-refractivity contribution in [2.45, 2.75) is 26.8 Å². The third kappa shape index (κ3) is 3.32. The van der Waals surface area contributed by atoms with Crippen LogP contribution in [-0.2, 0) is 13.6 Å². The van der Waals surface area contributed by atoms with E-state index >= 15 is 0 Å². The minimum Gasteiger partial charge on any atom is -0.361 e. The average Bonchev–Trinajstić information content (AvgIpc) is 2.99. The van der Waals surface area contributed by atoms with Crippen LogP contribution in [0, 0.1) is 13.8 Å². The van der Waals surface area contributed by atoms with E-state index in [2.05, 4.69) is 10.1 Å². The Kier molecular flexibility index (Phi) is 4.52. The number of carbonyl (C=O) groups excluding carboxylic acids is 1. The van der Waals surface area contributed by atoms with Gasteiger partial charge in [-0.25, -0.2) is 0 Å². The maximum Gasteiger partial charge on any atom is 0.270 e. The first kappa shape index (κ1) is 15.8. The first-order chi connectivity index (χ1) is 11.1. The fourth-order valence-corrected chi connectivity index (χ4v) is 3.13. The molecule has 2 aromatic rings. The van der Waals surface area contributed by atoms with E-state index in [4.69, 9.17) is 4.52 Å². The number of aromatic nitrogens is 2. The zero-order valence-electron chi connectivity index (χ0n) is 14.1. The van der Waals surface area contributed by atoms with Crippen molar-refractivity contribution in [3.63, 3.8) is 0 Å². The summed E-state index contributed by atoms with van der Waals surface area (Å²) in [4.78, 5) is 17.0. The molecule has 0 aliphatic carbocycles. The summed E-state index contributed by atoms with van der Waals surface area (Å²) in [6, 6.07) is 3.80. The van der Waals surface area contributed by atoms with Crippen LogP contribution in [0.15, 0.2) is 22.9 Å². The van der Waals surface area contributed by atoms with Gasteiger partial charge >= 0.3 is 0 Å². The molecule has 0 spiro atoms. The van der Waals surface area contributed by atoms with Crippen LogP contribution in [-0.4, -0.2) is 51.6 Å². The average molecular weight is 316 g/mol. The lowest BCUT2D eigenvalue weighted by molar-refractivity contribution is 0.0751. The molecule has 0 radical (unpaired) electrons. The van der Waals surface area contributed by atoms with Gasteiger partial charge in [0, 0.05) is 51.5 Å². The highest BCUT2D eigenvalue weighted by Gasteiger charge is 2.22. The summed E-state index contributed by atoms with van der Waals surface area (Å²) in [6.45, 7) is 8.21. The van der Waals surface area contributed by atoms with Gasteiger partial charge in [-0.3, -0.25) is 9.69 Å². The monoisotopic (exact) mass is 316 g/mol. The molecule has 3 rings (SSSR count). The Bertz CT molecular complexity index is 669. The Morgan fingerprint density at radius 1 is 1.26 bits per heavy atom. The molecule has 0 aromatic carbocycles. The van der Waals surface area contributed by atoms with Gasteiger partial charge in [0.2, 0.25) is 0 Å². The standard InChI is InChI=1S/C17H24N4O2/c1-13-15(14(2)23-18-13)12-20-8-5-9-21(11-10-20)17(22)16-6-4-7-19(16)3/h4,6-7H,5,8-12H2,1-3H3. The van der Waals surface area contributed by atoms with Crippen LogP contribution in [0.4, 0.5) is 0 Å². The number of carbonyl (C=O) groups is 1. The number of aryl methyl sites for hydroxylation is 3. The fraction of sp³-hybridized carbons (Fsp3) is 0.529. The Labute approximate surface area is 136 Å². The molecular weight excluding hydrogens is 292 g/mol. The van der Waals surface area contributed by atoms with Gasteiger partial charge < -0.3 is 14.0 Å². The van der Waals surface area contributed by atoms with E-state index in [0.29, 0.717) is 0 Å². The van der Waals surface area contributed by atoms with Crippen LogP contribution in [0.1, 0.15) is 33.9 Å². The molecule has 6 nitrogen and oxygen atoms in total. The first-order valence-corrected chi connectivity index (χ1v) is 8.11. The van der Waals surface area contributed by atoms with Gasteiger partial charge in [0.1, 0.15) is 11.5 Å². The highest BCUT2D eigenvalue weighted by Crippen LogP contribution is 2.17. The third-order valence-electron chi connectivity index (χ3n) is 4.60. The Morgan fingerprint density at radius 2 is 2.09 bits per heavy atom. The van der Waals surface area contributed by atoms with Crippen LogP contribution in [0.25, 0.3) is 0 Å². The van der Waals surface area contributed by atoms with E-state index < -0.39 is 0 Å². The molecule has 3 heterocycles. The summed E-state index contributed by atoms with van der Waals surface area (Å²) in [5.74, 6) is 1.01. The molecule has 0 atom stereocenters. The second-order valence-corrected chi connectivity index (χ2v) is 6.23. The van der Waals surface area contributed by atoms with Crippen molar-refractivity contribution in [2.75, 3.05) is 26.2 Å². The fourth-order valence-electron chi connectivity index (χ4n) is 3.13. The third-order valence-corrected chi connectivity index (χ3v) is 4.60. The largest absolute Gasteiger partial charge is 0.361 e. The molecule has 0 bridgehead atoms. The smallest absolute Gasteiger partial charge is 0.270 e. The predicted octanol–water partition coefficient (Wildman–Crippen LogP) is 1.98. The lowest BCUT2D eigenvalue weighted by Gasteiger charge is -2.22. The normalized spacial score (nSPS) is 16.6. The van der Waals surface area contributed by atoms with Crippen molar-refractivity contribution in [1.82, 2.24) is 19.5 Å². The van der Waals surface area contributed by atoms with Crippen LogP contribution in [0.2, 0.25) is 0 Å². The number of hydrogen-bond donors (Lipinski definition) is 0. The molecule has 2 aromatic heterocycles. The molecule has 1 fully saturated rings. The topological polar surface area (TPSA) is 54.5 Å². The van der Waals surface area contributed by atoms with E-state index in [9.17, 15) is 4.79 Å². The predicted molar refractivity (Wildman–Crippen MR) is 87.2 cm³/mol. The number of nitrogens with zero attached hydrogens (tertiary/aromatic N) is 4. The van der Waals surface area contributed by atoms with Crippen LogP contribution in [0.5, 0.6) is 0 Å². The highest BCUT2D eigenvalue weighted by molar-refractivity contribution is 5.92. The quantitative estimate of drug-likeness (QED) is 0.869. The molecule has 1 saturated heterocycles. The maximum atomic E-state index is 12.6. The summed E-state index contributed by atoms with van der Waals surface area (Å²) in [5.41, 5.74) is 2.89. The Morgan fingerprint density at radius 3 is 2.74 bits per heavy atom. The second-order valence-electron chi connectivity index (χ2n) is 6.23. The van der Waals surface area contributed by atoms with Gasteiger partial charge in [0.15, 0.2) is 0 Å². The maximum absolute atomic E-state index is 12.6. The zero-order chi connectivity index (χ0) is 16.4. The molecule has 1 aliphatic heterocycles. The first-order valence-electron chi connectivity index (χ1n) is 8.11. The van der Waals surface area contributed by atoms with Gasteiger partial charge in [0.05, 0.1) is 5.69 Å². The van der Waals surface area contributed by atoms with E-state index in [1.165, 1.54) is 5.56 Å². The Hall–Kier alpha value is -2.08. The number of hydrogen-bond acceptors (Lipinski definition) is 4. The van der Waals surface area contributed by atoms with Gasteiger partial charge in [0.25, 0.3) is 5.91 Å². The van der Waals surface area contributed by atoms with Crippen molar-refractivity contribution < 1.29 is 9.32 Å². The number of rotatable bonds is 3. The molecule has 124 valence electrons. The lowest BCUT2D eigenvalue weighted by atomic mass is 10.2. The van der Waals surface area contributed by atoms with E-state index in [1.54, 1.807) is 0 Å². The molecule has 1 amide bonds. The number of amides is 1. The highest BCUT2D eigenvalue weighted by atomic mass is 16.5. The SMILES string of the molecule is Cc1noc(C)c1CN1CCCN(C(=O)c2cccn2C)CC1. The summed E-state index contributed by atoms with van der Waals surface area (Å²) in [5, 5.41) is 4.02. The molecule has 0 unspecified atom stereocenters. The van der Waals surface area contributed by atoms with Crippen molar-refractivity contribution in [3.05, 3.63) is 41.0 Å². The van der Waals surface area contributed by atoms with E-state index in [0.717, 1.165) is 56.3 Å². The summed E-state index contributed by atoms with van der Waals surface area (Å²) in [6.07, 6.45) is 2.90.